The van der Waals surface area contributed by atoms with Crippen molar-refractivity contribution >= 4 is 23.4 Å². The molecule has 0 saturated heterocycles. The van der Waals surface area contributed by atoms with Crippen LogP contribution in [0.5, 0.6) is 11.6 Å². The highest BCUT2D eigenvalue weighted by atomic mass is 19.4. The first-order chi connectivity index (χ1) is 18.2. The molecule has 3 aromatic heterocycles. The number of nitrogens with one attached hydrogen (secondary N) is 1. The number of halogens is 3. The number of carbonyl (C=O) groups is 1. The Morgan fingerprint density at radius 2 is 1.95 bits per heavy atom. The molecule has 1 N–H and O–H groups in total. The predicted molar refractivity (Wildman–Crippen MR) is 135 cm³/mol. The molecule has 0 aromatic carbocycles. The van der Waals surface area contributed by atoms with Gasteiger partial charge in [0.2, 0.25) is 17.7 Å². The van der Waals surface area contributed by atoms with Crippen LogP contribution in [0, 0.1) is 5.92 Å². The van der Waals surface area contributed by atoms with Crippen LogP contribution in [0.2, 0.25) is 0 Å². The van der Waals surface area contributed by atoms with Crippen molar-refractivity contribution in [3.05, 3.63) is 53.6 Å². The molecule has 0 unspecified atom stereocenters. The minimum Gasteiger partial charge on any atom is -0.437 e. The first kappa shape index (κ1) is 25.7. The maximum atomic E-state index is 13.3. The van der Waals surface area contributed by atoms with E-state index in [0.717, 1.165) is 47.9 Å². The molecule has 0 aliphatic carbocycles. The van der Waals surface area contributed by atoms with E-state index >= 15 is 0 Å². The first-order valence-electron chi connectivity index (χ1n) is 12.5. The number of likely N-dealkylation sites (N-methyl/N-ethyl adjacent to an activating group) is 1. The number of amides is 1. The molecule has 12 heteroatoms. The van der Waals surface area contributed by atoms with E-state index in [1.165, 1.54) is 6.07 Å². The molecule has 3 aromatic rings. The monoisotopic (exact) mass is 527 g/mol. The Kier molecular flexibility index (Phi) is 6.80. The minimum absolute atomic E-state index is 0.111. The smallest absolute Gasteiger partial charge is 0.433 e. The molecule has 1 amide bonds. The molecule has 0 radical (unpaired) electrons. The second kappa shape index (κ2) is 10.1. The maximum Gasteiger partial charge on any atom is 0.433 e. The van der Waals surface area contributed by atoms with Crippen molar-refractivity contribution in [1.82, 2.24) is 19.9 Å². The lowest BCUT2D eigenvalue weighted by atomic mass is 9.95. The number of hydrogen-bond donors (Lipinski definition) is 1. The van der Waals surface area contributed by atoms with Gasteiger partial charge in [-0.1, -0.05) is 19.9 Å². The summed E-state index contributed by atoms with van der Waals surface area (Å²) in [5, 5.41) is 3.26. The third-order valence-electron chi connectivity index (χ3n) is 6.60. The van der Waals surface area contributed by atoms with E-state index in [1.807, 2.05) is 11.8 Å². The van der Waals surface area contributed by atoms with E-state index in [-0.39, 0.29) is 29.5 Å². The van der Waals surface area contributed by atoms with Gasteiger partial charge in [-0.15, -0.1) is 0 Å². The number of anilines is 3. The number of ether oxygens (including phenoxy) is 1. The Bertz CT molecular complexity index is 1310. The standard InChI is InChI=1S/C26H28F3N7O2/c1-4-35-21(15(2)3)24(37)36-11-5-6-18-22(36)23(35)34-25(33-18)32-13-16-7-10-20(31-12-16)38-17-8-9-19(30-14-17)26(27,28)29/h7-10,12,14-15,21H,4-6,11,13H2,1-3H3,(H,32,33,34)/t21-/m0/s1. The molecule has 5 heterocycles. The van der Waals surface area contributed by atoms with Crippen molar-refractivity contribution in [2.24, 2.45) is 5.92 Å². The van der Waals surface area contributed by atoms with Gasteiger partial charge in [0.05, 0.1) is 11.9 Å². The largest absolute Gasteiger partial charge is 0.437 e. The van der Waals surface area contributed by atoms with Gasteiger partial charge < -0.3 is 19.9 Å². The number of aryl methyl sites for hydroxylation is 1. The van der Waals surface area contributed by atoms with E-state index in [0.29, 0.717) is 25.6 Å². The van der Waals surface area contributed by atoms with Gasteiger partial charge in [-0.2, -0.15) is 18.2 Å². The van der Waals surface area contributed by atoms with Gasteiger partial charge in [0.15, 0.2) is 5.82 Å². The number of carbonyl (C=O) groups excluding carboxylic acids is 1. The summed E-state index contributed by atoms with van der Waals surface area (Å²) in [6.45, 7) is 7.86. The summed E-state index contributed by atoms with van der Waals surface area (Å²) in [4.78, 5) is 34.3. The highest BCUT2D eigenvalue weighted by molar-refractivity contribution is 6.06. The van der Waals surface area contributed by atoms with Gasteiger partial charge in [-0.05, 0) is 43.4 Å². The summed E-state index contributed by atoms with van der Waals surface area (Å²) >= 11 is 0. The molecule has 5 rings (SSSR count). The van der Waals surface area contributed by atoms with Crippen molar-refractivity contribution < 1.29 is 22.7 Å². The summed E-state index contributed by atoms with van der Waals surface area (Å²) in [6.07, 6.45) is -0.258. The lowest BCUT2D eigenvalue weighted by Crippen LogP contribution is -2.57. The summed E-state index contributed by atoms with van der Waals surface area (Å²) in [5.74, 6) is 1.89. The number of hydrogen-bond acceptors (Lipinski definition) is 8. The molecule has 2 aliphatic heterocycles. The molecule has 38 heavy (non-hydrogen) atoms. The molecule has 0 spiro atoms. The third-order valence-corrected chi connectivity index (χ3v) is 6.60. The van der Waals surface area contributed by atoms with Gasteiger partial charge in [-0.3, -0.25) is 4.79 Å². The van der Waals surface area contributed by atoms with E-state index in [9.17, 15) is 18.0 Å². The average Bonchev–Trinajstić information content (AvgIpc) is 2.89. The minimum atomic E-state index is -4.51. The summed E-state index contributed by atoms with van der Waals surface area (Å²) < 4.78 is 43.6. The Morgan fingerprint density at radius 3 is 2.58 bits per heavy atom. The Hall–Kier alpha value is -3.96. The van der Waals surface area contributed by atoms with E-state index in [1.54, 1.807) is 18.3 Å². The fraction of sp³-hybridized carbons (Fsp3) is 0.423. The number of rotatable bonds is 7. The van der Waals surface area contributed by atoms with Crippen LogP contribution in [0.25, 0.3) is 0 Å². The van der Waals surface area contributed by atoms with E-state index in [4.69, 9.17) is 14.7 Å². The fourth-order valence-corrected chi connectivity index (χ4v) is 4.86. The SMILES string of the molecule is CCN1c2nc(NCc3ccc(Oc4ccc(C(F)(F)F)nc4)nc3)nc3c2N(CCC3)C(=O)[C@@H]1C(C)C. The number of aromatic nitrogens is 4. The third kappa shape index (κ3) is 4.94. The maximum absolute atomic E-state index is 13.3. The van der Waals surface area contributed by atoms with Crippen molar-refractivity contribution in [3.8, 4) is 11.6 Å². The molecule has 1 atom stereocenters. The lowest BCUT2D eigenvalue weighted by molar-refractivity contribution is -0.141. The predicted octanol–water partition coefficient (Wildman–Crippen LogP) is 4.83. The van der Waals surface area contributed by atoms with Crippen LogP contribution in [0.4, 0.5) is 30.6 Å². The number of pyridine rings is 2. The highest BCUT2D eigenvalue weighted by Crippen LogP contribution is 2.41. The highest BCUT2D eigenvalue weighted by Gasteiger charge is 2.43. The molecule has 200 valence electrons. The Balaban J connectivity index is 1.30. The van der Waals surface area contributed by atoms with Gasteiger partial charge in [0, 0.05) is 31.9 Å². The van der Waals surface area contributed by atoms with Crippen LogP contribution >= 0.6 is 0 Å². The van der Waals surface area contributed by atoms with Crippen LogP contribution in [0.1, 0.15) is 44.1 Å². The molecular formula is C26H28F3N7O2. The van der Waals surface area contributed by atoms with Crippen LogP contribution in [0.15, 0.2) is 36.7 Å². The van der Waals surface area contributed by atoms with Crippen molar-refractivity contribution in [3.63, 3.8) is 0 Å². The van der Waals surface area contributed by atoms with Gasteiger partial charge in [0.25, 0.3) is 0 Å². The Labute approximate surface area is 218 Å². The van der Waals surface area contributed by atoms with Crippen molar-refractivity contribution in [1.29, 1.82) is 0 Å². The molecule has 0 bridgehead atoms. The first-order valence-corrected chi connectivity index (χ1v) is 12.5. The van der Waals surface area contributed by atoms with Crippen molar-refractivity contribution in [2.75, 3.05) is 28.2 Å². The average molecular weight is 528 g/mol. The van der Waals surface area contributed by atoms with E-state index in [2.05, 4.69) is 34.0 Å². The second-order valence-corrected chi connectivity index (χ2v) is 9.57. The summed E-state index contributed by atoms with van der Waals surface area (Å²) in [7, 11) is 0. The zero-order valence-electron chi connectivity index (χ0n) is 21.3. The van der Waals surface area contributed by atoms with Gasteiger partial charge in [0.1, 0.15) is 23.2 Å². The van der Waals surface area contributed by atoms with Crippen LogP contribution < -0.4 is 19.9 Å². The quantitative estimate of drug-likeness (QED) is 0.467. The van der Waals surface area contributed by atoms with Crippen LogP contribution in [0.3, 0.4) is 0 Å². The van der Waals surface area contributed by atoms with Gasteiger partial charge >= 0.3 is 6.18 Å². The van der Waals surface area contributed by atoms with Crippen molar-refractivity contribution in [2.45, 2.75) is 52.4 Å². The second-order valence-electron chi connectivity index (χ2n) is 9.57. The number of alkyl halides is 3. The van der Waals surface area contributed by atoms with E-state index < -0.39 is 11.9 Å². The summed E-state index contributed by atoms with van der Waals surface area (Å²) in [5.41, 5.74) is 1.54. The number of nitrogens with zero attached hydrogens (tertiary/aromatic N) is 6. The zero-order valence-corrected chi connectivity index (χ0v) is 21.3. The molecule has 9 nitrogen and oxygen atoms in total. The zero-order chi connectivity index (χ0) is 27.0. The summed E-state index contributed by atoms with van der Waals surface area (Å²) in [6, 6.07) is 5.21. The normalized spacial score (nSPS) is 17.0. The molecular weight excluding hydrogens is 499 g/mol. The lowest BCUT2D eigenvalue weighted by Gasteiger charge is -2.45. The molecule has 0 fully saturated rings. The molecule has 2 aliphatic rings. The van der Waals surface area contributed by atoms with Crippen LogP contribution in [-0.2, 0) is 23.9 Å². The topological polar surface area (TPSA) is 96.4 Å². The Morgan fingerprint density at radius 1 is 1.13 bits per heavy atom. The van der Waals surface area contributed by atoms with Gasteiger partial charge in [-0.25, -0.2) is 15.0 Å². The van der Waals surface area contributed by atoms with Crippen LogP contribution in [-0.4, -0.2) is 45.0 Å². The fourth-order valence-electron chi connectivity index (χ4n) is 4.86. The molecule has 0 saturated carbocycles.